The highest BCUT2D eigenvalue weighted by Crippen LogP contribution is 2.30. The molecule has 0 saturated heterocycles. The Bertz CT molecular complexity index is 1050. The number of methoxy groups -OCH3 is 2. The monoisotopic (exact) mass is 430 g/mol. The predicted molar refractivity (Wildman–Crippen MR) is 132 cm³/mol. The molecular formula is C27H30N2O3. The van der Waals surface area contributed by atoms with Gasteiger partial charge in [0.05, 0.1) is 19.9 Å². The van der Waals surface area contributed by atoms with Crippen molar-refractivity contribution in [2.24, 2.45) is 0 Å². The summed E-state index contributed by atoms with van der Waals surface area (Å²) in [5, 5.41) is 3.36. The number of carbonyl (C=O) groups is 1. The molecule has 0 spiro atoms. The molecule has 0 saturated carbocycles. The molecule has 5 heteroatoms. The maximum Gasteiger partial charge on any atom is 0.253 e. The van der Waals surface area contributed by atoms with Crippen LogP contribution in [-0.2, 0) is 4.79 Å². The fourth-order valence-corrected chi connectivity index (χ4v) is 3.40. The van der Waals surface area contributed by atoms with Crippen LogP contribution in [0.4, 0.5) is 11.4 Å². The van der Waals surface area contributed by atoms with E-state index in [4.69, 9.17) is 9.47 Å². The lowest BCUT2D eigenvalue weighted by Gasteiger charge is -2.26. The minimum atomic E-state index is -0.598. The molecule has 0 heterocycles. The number of carbonyl (C=O) groups excluding carboxylic acids is 1. The van der Waals surface area contributed by atoms with Gasteiger partial charge in [0.2, 0.25) is 0 Å². The topological polar surface area (TPSA) is 50.8 Å². The van der Waals surface area contributed by atoms with Gasteiger partial charge in [0.1, 0.15) is 17.5 Å². The van der Waals surface area contributed by atoms with E-state index in [1.165, 1.54) is 5.56 Å². The molecule has 166 valence electrons. The third-order valence-corrected chi connectivity index (χ3v) is 5.19. The fourth-order valence-electron chi connectivity index (χ4n) is 3.40. The molecule has 3 aromatic carbocycles. The molecule has 5 nitrogen and oxygen atoms in total. The van der Waals surface area contributed by atoms with Gasteiger partial charge in [-0.3, -0.25) is 4.79 Å². The number of aryl methyl sites for hydroxylation is 1. The largest absolute Gasteiger partial charge is 0.497 e. The molecule has 3 rings (SSSR count). The van der Waals surface area contributed by atoms with Crippen molar-refractivity contribution in [1.29, 1.82) is 0 Å². The lowest BCUT2D eigenvalue weighted by atomic mass is 10.1. The van der Waals surface area contributed by atoms with E-state index in [-0.39, 0.29) is 5.91 Å². The summed E-state index contributed by atoms with van der Waals surface area (Å²) < 4.78 is 10.8. The molecule has 0 unspecified atom stereocenters. The first-order valence-corrected chi connectivity index (χ1v) is 10.7. The molecule has 0 radical (unpaired) electrons. The molecule has 0 aliphatic heterocycles. The van der Waals surface area contributed by atoms with Crippen LogP contribution in [0.2, 0.25) is 0 Å². The number of amides is 1. The van der Waals surface area contributed by atoms with E-state index in [1.54, 1.807) is 25.2 Å². The lowest BCUT2D eigenvalue weighted by Crippen LogP contribution is -2.42. The molecule has 0 bridgehead atoms. The highest BCUT2D eigenvalue weighted by Gasteiger charge is 2.23. The van der Waals surface area contributed by atoms with Gasteiger partial charge in [0, 0.05) is 18.3 Å². The molecule has 1 amide bonds. The van der Waals surface area contributed by atoms with Crippen molar-refractivity contribution in [3.63, 3.8) is 0 Å². The Morgan fingerprint density at radius 2 is 1.72 bits per heavy atom. The normalized spacial score (nSPS) is 11.8. The number of rotatable bonds is 9. The van der Waals surface area contributed by atoms with Crippen molar-refractivity contribution in [2.45, 2.75) is 19.9 Å². The third-order valence-electron chi connectivity index (χ3n) is 5.19. The first kappa shape index (κ1) is 22.9. The number of para-hydroxylation sites is 1. The van der Waals surface area contributed by atoms with Crippen molar-refractivity contribution in [1.82, 2.24) is 0 Å². The quantitative estimate of drug-likeness (QED) is 0.483. The maximum absolute atomic E-state index is 13.6. The highest BCUT2D eigenvalue weighted by atomic mass is 16.5. The summed E-state index contributed by atoms with van der Waals surface area (Å²) in [5.41, 5.74) is 3.79. The van der Waals surface area contributed by atoms with Crippen LogP contribution in [0.3, 0.4) is 0 Å². The summed E-state index contributed by atoms with van der Waals surface area (Å²) in [5.74, 6) is 1.23. The van der Waals surface area contributed by atoms with E-state index >= 15 is 0 Å². The van der Waals surface area contributed by atoms with Crippen molar-refractivity contribution in [3.05, 3.63) is 90.0 Å². The molecule has 1 N–H and O–H groups in total. The average molecular weight is 431 g/mol. The van der Waals surface area contributed by atoms with E-state index in [2.05, 4.69) is 24.4 Å². The first-order valence-electron chi connectivity index (χ1n) is 10.7. The van der Waals surface area contributed by atoms with E-state index < -0.39 is 6.04 Å². The summed E-state index contributed by atoms with van der Waals surface area (Å²) >= 11 is 0. The zero-order valence-electron chi connectivity index (χ0n) is 19.0. The molecule has 0 fully saturated rings. The van der Waals surface area contributed by atoms with Gasteiger partial charge >= 0.3 is 0 Å². The average Bonchev–Trinajstić information content (AvgIpc) is 2.83. The van der Waals surface area contributed by atoms with Gasteiger partial charge in [-0.2, -0.15) is 0 Å². The minimum Gasteiger partial charge on any atom is -0.497 e. The minimum absolute atomic E-state index is 0.0556. The fraction of sp³-hybridized carbons (Fsp3) is 0.222. The summed E-state index contributed by atoms with van der Waals surface area (Å²) in [7, 11) is 3.21. The van der Waals surface area contributed by atoms with Crippen LogP contribution in [0.25, 0.3) is 6.08 Å². The van der Waals surface area contributed by atoms with E-state index in [0.29, 0.717) is 23.7 Å². The molecule has 0 aliphatic carbocycles. The van der Waals surface area contributed by atoms with Crippen LogP contribution in [0.15, 0.2) is 78.9 Å². The second-order valence-corrected chi connectivity index (χ2v) is 7.38. The summed E-state index contributed by atoms with van der Waals surface area (Å²) in [6.07, 6.45) is 3.85. The van der Waals surface area contributed by atoms with Crippen LogP contribution in [0, 0.1) is 6.92 Å². The van der Waals surface area contributed by atoms with Gasteiger partial charge in [-0.1, -0.05) is 60.2 Å². The van der Waals surface area contributed by atoms with Crippen molar-refractivity contribution < 1.29 is 14.3 Å². The van der Waals surface area contributed by atoms with Gasteiger partial charge in [0.25, 0.3) is 5.91 Å². The Morgan fingerprint density at radius 1 is 1.00 bits per heavy atom. The number of anilines is 2. The molecule has 1 atom stereocenters. The van der Waals surface area contributed by atoms with E-state index in [1.807, 2.05) is 73.7 Å². The zero-order chi connectivity index (χ0) is 22.9. The third kappa shape index (κ3) is 5.70. The van der Waals surface area contributed by atoms with Gasteiger partial charge in [-0.05, 0) is 43.7 Å². The van der Waals surface area contributed by atoms with Crippen LogP contribution in [0.1, 0.15) is 18.1 Å². The predicted octanol–water partition coefficient (Wildman–Crippen LogP) is 5.56. The Kier molecular flexibility index (Phi) is 7.92. The Labute approximate surface area is 190 Å². The SMILES string of the molecule is CCN(C(=O)[C@H](/C=C/c1ccc(C)cc1)Nc1ccc(OC)cc1OC)c1ccccc1. The molecule has 0 aliphatic rings. The van der Waals surface area contributed by atoms with Gasteiger partial charge < -0.3 is 19.7 Å². The van der Waals surface area contributed by atoms with Crippen LogP contribution < -0.4 is 19.7 Å². The second-order valence-electron chi connectivity index (χ2n) is 7.38. The zero-order valence-corrected chi connectivity index (χ0v) is 19.0. The second kappa shape index (κ2) is 11.0. The summed E-state index contributed by atoms with van der Waals surface area (Å²) in [6.45, 7) is 4.58. The first-order chi connectivity index (χ1) is 15.5. The smallest absolute Gasteiger partial charge is 0.253 e. The Morgan fingerprint density at radius 3 is 2.34 bits per heavy atom. The number of benzene rings is 3. The van der Waals surface area contributed by atoms with E-state index in [9.17, 15) is 4.79 Å². The number of likely N-dealkylation sites (N-methyl/N-ethyl adjacent to an activating group) is 1. The molecule has 32 heavy (non-hydrogen) atoms. The summed E-state index contributed by atoms with van der Waals surface area (Å²) in [4.78, 5) is 15.4. The number of hydrogen-bond donors (Lipinski definition) is 1. The molecule has 3 aromatic rings. The standard InChI is InChI=1S/C27H30N2O3/c1-5-29(22-9-7-6-8-10-22)27(30)25(17-15-21-13-11-20(2)12-14-21)28-24-18-16-23(31-3)19-26(24)32-4/h6-19,25,28H,5H2,1-4H3/b17-15+/t25-/m0/s1. The van der Waals surface area contributed by atoms with Crippen molar-refractivity contribution in [3.8, 4) is 11.5 Å². The lowest BCUT2D eigenvalue weighted by molar-refractivity contribution is -0.118. The van der Waals surface area contributed by atoms with Crippen LogP contribution in [-0.4, -0.2) is 32.7 Å². The Hall–Kier alpha value is -3.73. The highest BCUT2D eigenvalue weighted by molar-refractivity contribution is 6.00. The van der Waals surface area contributed by atoms with Gasteiger partial charge in [-0.25, -0.2) is 0 Å². The molecule has 0 aromatic heterocycles. The van der Waals surface area contributed by atoms with Crippen LogP contribution >= 0.6 is 0 Å². The van der Waals surface area contributed by atoms with E-state index in [0.717, 1.165) is 11.3 Å². The number of hydrogen-bond acceptors (Lipinski definition) is 4. The van der Waals surface area contributed by atoms with Crippen molar-refractivity contribution in [2.75, 3.05) is 31.0 Å². The summed E-state index contributed by atoms with van der Waals surface area (Å²) in [6, 6.07) is 22.8. The Balaban J connectivity index is 1.95. The van der Waals surface area contributed by atoms with Crippen LogP contribution in [0.5, 0.6) is 11.5 Å². The van der Waals surface area contributed by atoms with Crippen molar-refractivity contribution >= 4 is 23.4 Å². The number of ether oxygens (including phenoxy) is 2. The molecular weight excluding hydrogens is 400 g/mol. The van der Waals surface area contributed by atoms with Gasteiger partial charge in [0.15, 0.2) is 0 Å². The number of nitrogens with zero attached hydrogens (tertiary/aromatic N) is 1. The maximum atomic E-state index is 13.6. The van der Waals surface area contributed by atoms with Gasteiger partial charge in [-0.15, -0.1) is 0 Å². The number of nitrogens with one attached hydrogen (secondary N) is 1.